The van der Waals surface area contributed by atoms with Crippen LogP contribution in [0.25, 0.3) is 0 Å². The standard InChI is InChI=1S/C12H19NO5/c1-7(2)10(12(17)18)13(6-5-9(14)15)11(16)8-3-4-8/h7-8,10H,3-6H2,1-2H3,(H,14,15)(H,17,18). The van der Waals surface area contributed by atoms with Gasteiger partial charge in [-0.15, -0.1) is 0 Å². The molecule has 0 heterocycles. The normalized spacial score (nSPS) is 16.4. The minimum Gasteiger partial charge on any atom is -0.481 e. The Kier molecular flexibility index (Phi) is 4.69. The molecule has 6 heteroatoms. The fourth-order valence-electron chi connectivity index (χ4n) is 1.95. The van der Waals surface area contributed by atoms with Crippen LogP contribution in [0.3, 0.4) is 0 Å². The van der Waals surface area contributed by atoms with Gasteiger partial charge in [0, 0.05) is 12.5 Å². The molecule has 1 fully saturated rings. The van der Waals surface area contributed by atoms with E-state index in [0.717, 1.165) is 12.8 Å². The number of amides is 1. The maximum Gasteiger partial charge on any atom is 0.326 e. The summed E-state index contributed by atoms with van der Waals surface area (Å²) in [5.74, 6) is -2.70. The molecular weight excluding hydrogens is 238 g/mol. The van der Waals surface area contributed by atoms with Gasteiger partial charge in [0.15, 0.2) is 0 Å². The average molecular weight is 257 g/mol. The molecule has 2 N–H and O–H groups in total. The van der Waals surface area contributed by atoms with E-state index in [0.29, 0.717) is 0 Å². The second-order valence-corrected chi connectivity index (χ2v) is 4.98. The van der Waals surface area contributed by atoms with Crippen LogP contribution < -0.4 is 0 Å². The fraction of sp³-hybridized carbons (Fsp3) is 0.750. The van der Waals surface area contributed by atoms with E-state index in [4.69, 9.17) is 5.11 Å². The van der Waals surface area contributed by atoms with E-state index in [1.54, 1.807) is 13.8 Å². The van der Waals surface area contributed by atoms with Crippen LogP contribution in [0.15, 0.2) is 0 Å². The largest absolute Gasteiger partial charge is 0.481 e. The van der Waals surface area contributed by atoms with Gasteiger partial charge < -0.3 is 15.1 Å². The highest BCUT2D eigenvalue weighted by Crippen LogP contribution is 2.32. The zero-order valence-corrected chi connectivity index (χ0v) is 10.6. The molecule has 18 heavy (non-hydrogen) atoms. The minimum atomic E-state index is -1.08. The molecule has 0 aromatic heterocycles. The number of aliphatic carboxylic acids is 2. The Morgan fingerprint density at radius 3 is 2.11 bits per heavy atom. The first-order valence-corrected chi connectivity index (χ1v) is 6.09. The lowest BCUT2D eigenvalue weighted by Gasteiger charge is -2.31. The molecule has 1 unspecified atom stereocenters. The molecule has 0 aliphatic heterocycles. The maximum absolute atomic E-state index is 12.0. The number of carboxylic acids is 2. The highest BCUT2D eigenvalue weighted by Gasteiger charge is 2.39. The first kappa shape index (κ1) is 14.5. The van der Waals surface area contributed by atoms with E-state index < -0.39 is 18.0 Å². The van der Waals surface area contributed by atoms with Crippen LogP contribution in [0.4, 0.5) is 0 Å². The summed E-state index contributed by atoms with van der Waals surface area (Å²) in [6, 6.07) is -0.947. The summed E-state index contributed by atoms with van der Waals surface area (Å²) >= 11 is 0. The Morgan fingerprint density at radius 2 is 1.78 bits per heavy atom. The SMILES string of the molecule is CC(C)C(C(=O)O)N(CCC(=O)O)C(=O)C1CC1. The summed E-state index contributed by atoms with van der Waals surface area (Å²) in [6.45, 7) is 3.39. The van der Waals surface area contributed by atoms with Gasteiger partial charge in [0.25, 0.3) is 0 Å². The van der Waals surface area contributed by atoms with Crippen molar-refractivity contribution in [3.8, 4) is 0 Å². The van der Waals surface area contributed by atoms with Gasteiger partial charge in [-0.25, -0.2) is 4.79 Å². The minimum absolute atomic E-state index is 0.0419. The summed E-state index contributed by atoms with van der Waals surface area (Å²) in [4.78, 5) is 35.1. The molecule has 1 aliphatic rings. The molecule has 0 bridgehead atoms. The molecule has 0 aromatic carbocycles. The summed E-state index contributed by atoms with van der Waals surface area (Å²) < 4.78 is 0. The van der Waals surface area contributed by atoms with Crippen molar-refractivity contribution in [2.75, 3.05) is 6.54 Å². The van der Waals surface area contributed by atoms with Crippen molar-refractivity contribution in [2.24, 2.45) is 11.8 Å². The van der Waals surface area contributed by atoms with E-state index in [2.05, 4.69) is 0 Å². The number of rotatable bonds is 7. The number of hydrogen-bond donors (Lipinski definition) is 2. The van der Waals surface area contributed by atoms with Gasteiger partial charge in [-0.1, -0.05) is 13.8 Å². The zero-order valence-electron chi connectivity index (χ0n) is 10.6. The molecule has 0 radical (unpaired) electrons. The van der Waals surface area contributed by atoms with Crippen LogP contribution in [0, 0.1) is 11.8 Å². The van der Waals surface area contributed by atoms with Crippen molar-refractivity contribution < 1.29 is 24.6 Å². The quantitative estimate of drug-likeness (QED) is 0.703. The van der Waals surface area contributed by atoms with Crippen LogP contribution in [-0.4, -0.2) is 45.5 Å². The first-order chi connectivity index (χ1) is 8.34. The molecule has 0 saturated heterocycles. The lowest BCUT2D eigenvalue weighted by molar-refractivity contribution is -0.154. The molecule has 6 nitrogen and oxygen atoms in total. The molecule has 1 amide bonds. The van der Waals surface area contributed by atoms with E-state index in [-0.39, 0.29) is 30.7 Å². The Hall–Kier alpha value is -1.59. The third-order valence-electron chi connectivity index (χ3n) is 3.00. The van der Waals surface area contributed by atoms with Crippen LogP contribution in [0.5, 0.6) is 0 Å². The Balaban J connectivity index is 2.82. The van der Waals surface area contributed by atoms with Crippen molar-refractivity contribution in [1.82, 2.24) is 4.90 Å². The van der Waals surface area contributed by atoms with Crippen LogP contribution >= 0.6 is 0 Å². The topological polar surface area (TPSA) is 94.9 Å². The molecular formula is C12H19NO5. The summed E-state index contributed by atoms with van der Waals surface area (Å²) in [5, 5.41) is 17.9. The van der Waals surface area contributed by atoms with Crippen molar-refractivity contribution in [3.63, 3.8) is 0 Å². The van der Waals surface area contributed by atoms with E-state index in [1.807, 2.05) is 0 Å². The zero-order chi connectivity index (χ0) is 13.9. The van der Waals surface area contributed by atoms with Crippen LogP contribution in [-0.2, 0) is 14.4 Å². The second kappa shape index (κ2) is 5.84. The van der Waals surface area contributed by atoms with Gasteiger partial charge >= 0.3 is 11.9 Å². The van der Waals surface area contributed by atoms with Gasteiger partial charge in [-0.2, -0.15) is 0 Å². The number of hydrogen-bond acceptors (Lipinski definition) is 3. The molecule has 1 atom stereocenters. The molecule has 102 valence electrons. The summed E-state index contributed by atoms with van der Waals surface area (Å²) in [6.07, 6.45) is 1.31. The van der Waals surface area contributed by atoms with Crippen LogP contribution in [0.2, 0.25) is 0 Å². The Morgan fingerprint density at radius 1 is 1.22 bits per heavy atom. The number of nitrogens with zero attached hydrogens (tertiary/aromatic N) is 1. The van der Waals surface area contributed by atoms with Crippen molar-refractivity contribution in [1.29, 1.82) is 0 Å². The second-order valence-electron chi connectivity index (χ2n) is 4.98. The third-order valence-corrected chi connectivity index (χ3v) is 3.00. The summed E-state index contributed by atoms with van der Waals surface area (Å²) in [5.41, 5.74) is 0. The van der Waals surface area contributed by atoms with Gasteiger partial charge in [0.2, 0.25) is 5.91 Å². The third kappa shape index (κ3) is 3.72. The van der Waals surface area contributed by atoms with Crippen molar-refractivity contribution in [3.05, 3.63) is 0 Å². The molecule has 1 saturated carbocycles. The smallest absolute Gasteiger partial charge is 0.326 e. The Bertz CT molecular complexity index is 348. The van der Waals surface area contributed by atoms with Gasteiger partial charge in [0.05, 0.1) is 6.42 Å². The number of carbonyl (C=O) groups is 3. The first-order valence-electron chi connectivity index (χ1n) is 6.09. The van der Waals surface area contributed by atoms with E-state index in [9.17, 15) is 19.5 Å². The Labute approximate surface area is 106 Å². The van der Waals surface area contributed by atoms with Gasteiger partial charge in [-0.3, -0.25) is 9.59 Å². The molecule has 1 aliphatic carbocycles. The number of carboxylic acid groups (broad SMARTS) is 2. The molecule has 0 aromatic rings. The lowest BCUT2D eigenvalue weighted by Crippen LogP contribution is -2.49. The van der Waals surface area contributed by atoms with Crippen LogP contribution in [0.1, 0.15) is 33.1 Å². The fourth-order valence-corrected chi connectivity index (χ4v) is 1.95. The predicted molar refractivity (Wildman–Crippen MR) is 63.0 cm³/mol. The van der Waals surface area contributed by atoms with E-state index in [1.165, 1.54) is 4.90 Å². The molecule has 0 spiro atoms. The summed E-state index contributed by atoms with van der Waals surface area (Å²) in [7, 11) is 0. The molecule has 1 rings (SSSR count). The monoisotopic (exact) mass is 257 g/mol. The van der Waals surface area contributed by atoms with E-state index >= 15 is 0 Å². The maximum atomic E-state index is 12.0. The van der Waals surface area contributed by atoms with Crippen molar-refractivity contribution >= 4 is 17.8 Å². The highest BCUT2D eigenvalue weighted by atomic mass is 16.4. The predicted octanol–water partition coefficient (Wildman–Crippen LogP) is 0.809. The van der Waals surface area contributed by atoms with Gasteiger partial charge in [-0.05, 0) is 18.8 Å². The highest BCUT2D eigenvalue weighted by molar-refractivity contribution is 5.87. The van der Waals surface area contributed by atoms with Gasteiger partial charge in [0.1, 0.15) is 6.04 Å². The van der Waals surface area contributed by atoms with Crippen molar-refractivity contribution in [2.45, 2.75) is 39.2 Å². The lowest BCUT2D eigenvalue weighted by atomic mass is 10.0. The number of carbonyl (C=O) groups excluding carboxylic acids is 1. The average Bonchev–Trinajstić information content (AvgIpc) is 3.04.